The molecule has 2 rings (SSSR count). The average molecular weight is 364 g/mol. The summed E-state index contributed by atoms with van der Waals surface area (Å²) in [5.74, 6) is 0.128. The molecule has 0 fully saturated rings. The Hall–Kier alpha value is -1.79. The number of rotatable bonds is 7. The number of thiazole rings is 1. The van der Waals surface area contributed by atoms with Crippen molar-refractivity contribution >= 4 is 17.2 Å². The zero-order valence-electron chi connectivity index (χ0n) is 15.3. The predicted octanol–water partition coefficient (Wildman–Crippen LogP) is 3.63. The normalized spacial score (nSPS) is 12.4. The van der Waals surface area contributed by atoms with Crippen molar-refractivity contribution < 1.29 is 9.18 Å². The highest BCUT2D eigenvalue weighted by Gasteiger charge is 2.20. The molecule has 0 radical (unpaired) electrons. The molecule has 0 aliphatic heterocycles. The van der Waals surface area contributed by atoms with E-state index in [-0.39, 0.29) is 17.8 Å². The lowest BCUT2D eigenvalue weighted by Gasteiger charge is -2.21. The molecule has 0 spiro atoms. The highest BCUT2D eigenvalue weighted by atomic mass is 32.1. The molecule has 4 nitrogen and oxygen atoms in total. The van der Waals surface area contributed by atoms with Crippen LogP contribution >= 0.6 is 11.3 Å². The first-order valence-electron chi connectivity index (χ1n) is 8.49. The van der Waals surface area contributed by atoms with Gasteiger partial charge >= 0.3 is 0 Å². The van der Waals surface area contributed by atoms with Gasteiger partial charge in [-0.05, 0) is 37.0 Å². The van der Waals surface area contributed by atoms with Gasteiger partial charge in [-0.2, -0.15) is 0 Å². The summed E-state index contributed by atoms with van der Waals surface area (Å²) in [6.07, 6.45) is 1.38. The number of nitrogens with two attached hydrogens (primary N) is 1. The van der Waals surface area contributed by atoms with Crippen LogP contribution in [0.5, 0.6) is 0 Å². The van der Waals surface area contributed by atoms with Gasteiger partial charge in [0.1, 0.15) is 10.7 Å². The van der Waals surface area contributed by atoms with E-state index < -0.39 is 0 Å². The Balaban J connectivity index is 2.02. The number of aromatic nitrogens is 1. The van der Waals surface area contributed by atoms with Crippen molar-refractivity contribution in [3.05, 3.63) is 51.2 Å². The topological polar surface area (TPSA) is 59.2 Å². The third-order valence-corrected chi connectivity index (χ3v) is 5.45. The van der Waals surface area contributed by atoms with Crippen LogP contribution in [0, 0.1) is 18.7 Å². The molecule has 0 bridgehead atoms. The summed E-state index contributed by atoms with van der Waals surface area (Å²) in [4.78, 5) is 19.5. The molecule has 0 aliphatic carbocycles. The molecule has 1 heterocycles. The number of carbonyl (C=O) groups excluding carboxylic acids is 1. The lowest BCUT2D eigenvalue weighted by molar-refractivity contribution is 0.0793. The number of benzene rings is 1. The van der Waals surface area contributed by atoms with Crippen molar-refractivity contribution in [3.63, 3.8) is 0 Å². The van der Waals surface area contributed by atoms with Gasteiger partial charge in [-0.3, -0.25) is 4.79 Å². The van der Waals surface area contributed by atoms with Crippen LogP contribution in [0.1, 0.15) is 46.2 Å². The molecule has 1 amide bonds. The summed E-state index contributed by atoms with van der Waals surface area (Å²) in [6, 6.07) is 6.45. The van der Waals surface area contributed by atoms with Crippen LogP contribution in [0.15, 0.2) is 24.3 Å². The van der Waals surface area contributed by atoms with E-state index in [4.69, 9.17) is 5.73 Å². The highest BCUT2D eigenvalue weighted by molar-refractivity contribution is 7.13. The fourth-order valence-corrected chi connectivity index (χ4v) is 3.55. The molecule has 1 unspecified atom stereocenters. The summed E-state index contributed by atoms with van der Waals surface area (Å²) >= 11 is 1.41. The summed E-state index contributed by atoms with van der Waals surface area (Å²) in [6.45, 7) is 6.65. The van der Waals surface area contributed by atoms with Crippen LogP contribution in [-0.4, -0.2) is 35.4 Å². The molecule has 1 atom stereocenters. The summed E-state index contributed by atoms with van der Waals surface area (Å²) in [7, 11) is 1.80. The maximum absolute atomic E-state index is 13.0. The summed E-state index contributed by atoms with van der Waals surface area (Å²) in [5, 5.41) is 0.861. The Bertz CT molecular complexity index is 712. The molecular formula is C19H26FN3OS. The van der Waals surface area contributed by atoms with Crippen LogP contribution in [0.4, 0.5) is 4.39 Å². The van der Waals surface area contributed by atoms with Gasteiger partial charge in [0, 0.05) is 26.1 Å². The van der Waals surface area contributed by atoms with E-state index in [9.17, 15) is 9.18 Å². The number of nitrogens with zero attached hydrogens (tertiary/aromatic N) is 2. The minimum Gasteiger partial charge on any atom is -0.341 e. The SMILES string of the molecule is Cc1nc(Cc2ccc(F)cc2)sc1C(=O)N(C)CCC(N)C(C)C. The zero-order chi connectivity index (χ0) is 18.6. The van der Waals surface area contributed by atoms with Crippen molar-refractivity contribution in [1.29, 1.82) is 0 Å². The molecule has 0 saturated heterocycles. The van der Waals surface area contributed by atoms with Gasteiger partial charge in [-0.25, -0.2) is 9.37 Å². The predicted molar refractivity (Wildman–Crippen MR) is 100 cm³/mol. The third kappa shape index (κ3) is 5.34. The first kappa shape index (κ1) is 19.5. The maximum Gasteiger partial charge on any atom is 0.265 e. The molecule has 2 aromatic rings. The van der Waals surface area contributed by atoms with Gasteiger partial charge in [-0.1, -0.05) is 26.0 Å². The van der Waals surface area contributed by atoms with E-state index in [1.165, 1.54) is 23.5 Å². The van der Waals surface area contributed by atoms with Crippen LogP contribution < -0.4 is 5.73 Å². The average Bonchev–Trinajstić information content (AvgIpc) is 2.93. The lowest BCUT2D eigenvalue weighted by Crippen LogP contribution is -2.34. The largest absolute Gasteiger partial charge is 0.341 e. The number of hydrogen-bond acceptors (Lipinski definition) is 4. The van der Waals surface area contributed by atoms with E-state index in [1.807, 2.05) is 6.92 Å². The quantitative estimate of drug-likeness (QED) is 0.817. The number of amides is 1. The number of halogens is 1. The minimum absolute atomic E-state index is 0.0173. The smallest absolute Gasteiger partial charge is 0.265 e. The van der Waals surface area contributed by atoms with E-state index >= 15 is 0 Å². The number of aryl methyl sites for hydroxylation is 1. The van der Waals surface area contributed by atoms with Gasteiger partial charge in [0.05, 0.1) is 10.7 Å². The van der Waals surface area contributed by atoms with Gasteiger partial charge in [-0.15, -0.1) is 11.3 Å². The van der Waals surface area contributed by atoms with E-state index in [0.29, 0.717) is 23.8 Å². The van der Waals surface area contributed by atoms with Crippen molar-refractivity contribution in [2.45, 2.75) is 39.7 Å². The first-order chi connectivity index (χ1) is 11.8. The maximum atomic E-state index is 13.0. The van der Waals surface area contributed by atoms with Gasteiger partial charge in [0.15, 0.2) is 0 Å². The summed E-state index contributed by atoms with van der Waals surface area (Å²) in [5.41, 5.74) is 7.78. The first-order valence-corrected chi connectivity index (χ1v) is 9.31. The molecule has 136 valence electrons. The molecular weight excluding hydrogens is 337 g/mol. The molecule has 6 heteroatoms. The van der Waals surface area contributed by atoms with Crippen molar-refractivity contribution in [2.24, 2.45) is 11.7 Å². The van der Waals surface area contributed by atoms with Crippen LogP contribution in [0.2, 0.25) is 0 Å². The molecule has 2 N–H and O–H groups in total. The Morgan fingerprint density at radius 3 is 2.56 bits per heavy atom. The van der Waals surface area contributed by atoms with E-state index in [2.05, 4.69) is 18.8 Å². The second-order valence-corrected chi connectivity index (χ2v) is 7.83. The monoisotopic (exact) mass is 363 g/mol. The van der Waals surface area contributed by atoms with Crippen LogP contribution in [0.25, 0.3) is 0 Å². The second-order valence-electron chi connectivity index (χ2n) is 6.75. The molecule has 1 aromatic heterocycles. The van der Waals surface area contributed by atoms with Crippen molar-refractivity contribution in [3.8, 4) is 0 Å². The van der Waals surface area contributed by atoms with Gasteiger partial charge in [0.2, 0.25) is 0 Å². The summed E-state index contributed by atoms with van der Waals surface area (Å²) < 4.78 is 13.0. The van der Waals surface area contributed by atoms with Crippen LogP contribution in [-0.2, 0) is 6.42 Å². The van der Waals surface area contributed by atoms with Gasteiger partial charge < -0.3 is 10.6 Å². The highest BCUT2D eigenvalue weighted by Crippen LogP contribution is 2.22. The standard InChI is InChI=1S/C19H26FN3OS/c1-12(2)16(21)9-10-23(4)19(24)18-13(3)22-17(25-18)11-14-5-7-15(20)8-6-14/h5-8,12,16H,9-11,21H2,1-4H3. The Morgan fingerprint density at radius 2 is 1.96 bits per heavy atom. The fraction of sp³-hybridized carbons (Fsp3) is 0.474. The minimum atomic E-state index is -0.254. The molecule has 25 heavy (non-hydrogen) atoms. The molecule has 0 aliphatic rings. The van der Waals surface area contributed by atoms with Crippen molar-refractivity contribution in [2.75, 3.05) is 13.6 Å². The third-order valence-electron chi connectivity index (χ3n) is 4.30. The number of carbonyl (C=O) groups is 1. The van der Waals surface area contributed by atoms with E-state index in [1.54, 1.807) is 24.1 Å². The van der Waals surface area contributed by atoms with Crippen LogP contribution in [0.3, 0.4) is 0 Å². The van der Waals surface area contributed by atoms with Crippen molar-refractivity contribution in [1.82, 2.24) is 9.88 Å². The Morgan fingerprint density at radius 1 is 1.32 bits per heavy atom. The molecule has 1 aromatic carbocycles. The van der Waals surface area contributed by atoms with Gasteiger partial charge in [0.25, 0.3) is 5.91 Å². The number of hydrogen-bond donors (Lipinski definition) is 1. The molecule has 0 saturated carbocycles. The lowest BCUT2D eigenvalue weighted by atomic mass is 10.0. The second kappa shape index (κ2) is 8.54. The fourth-order valence-electron chi connectivity index (χ4n) is 2.45. The van der Waals surface area contributed by atoms with E-state index in [0.717, 1.165) is 22.7 Å². The Labute approximate surface area is 152 Å². The zero-order valence-corrected chi connectivity index (χ0v) is 16.1. The Kier molecular flexibility index (Phi) is 6.67.